The van der Waals surface area contributed by atoms with E-state index < -0.39 is 17.7 Å². The largest absolute Gasteiger partial charge is 0.478 e. The first kappa shape index (κ1) is 21.3. The normalized spacial score (nSPS) is 12.0. The molecule has 0 radical (unpaired) electrons. The van der Waals surface area contributed by atoms with Crippen LogP contribution in [0.1, 0.15) is 70.6 Å². The fraction of sp³-hybridized carbons (Fsp3) is 0.292. The molecule has 30 heavy (non-hydrogen) atoms. The van der Waals surface area contributed by atoms with Crippen molar-refractivity contribution < 1.29 is 19.5 Å². The van der Waals surface area contributed by atoms with Gasteiger partial charge in [-0.05, 0) is 36.1 Å². The smallest absolute Gasteiger partial charge is 0.335 e. The van der Waals surface area contributed by atoms with Gasteiger partial charge < -0.3 is 15.4 Å². The van der Waals surface area contributed by atoms with Gasteiger partial charge in [0.2, 0.25) is 0 Å². The fourth-order valence-electron chi connectivity index (χ4n) is 3.75. The summed E-state index contributed by atoms with van der Waals surface area (Å²) in [6, 6.07) is 12.8. The molecule has 6 heteroatoms. The molecule has 0 bridgehead atoms. The van der Waals surface area contributed by atoms with E-state index in [-0.39, 0.29) is 11.5 Å². The third kappa shape index (κ3) is 3.99. The molecule has 2 aromatic carbocycles. The van der Waals surface area contributed by atoms with Crippen LogP contribution in [0, 0.1) is 0 Å². The van der Waals surface area contributed by atoms with Gasteiger partial charge in [-0.2, -0.15) is 0 Å². The van der Waals surface area contributed by atoms with Gasteiger partial charge in [-0.25, -0.2) is 4.79 Å². The average Bonchev–Trinajstić information content (AvgIpc) is 3.14. The molecule has 0 saturated heterocycles. The van der Waals surface area contributed by atoms with E-state index >= 15 is 0 Å². The van der Waals surface area contributed by atoms with Gasteiger partial charge in [0.25, 0.3) is 11.7 Å². The third-order valence-electron chi connectivity index (χ3n) is 5.34. The Balaban J connectivity index is 2.27. The Morgan fingerprint density at radius 3 is 2.40 bits per heavy atom. The summed E-state index contributed by atoms with van der Waals surface area (Å²) < 4.78 is 0. The Kier molecular flexibility index (Phi) is 6.35. The minimum Gasteiger partial charge on any atom is -0.478 e. The molecule has 0 fully saturated rings. The first-order valence-electron chi connectivity index (χ1n) is 10.2. The second-order valence-electron chi connectivity index (χ2n) is 7.34. The van der Waals surface area contributed by atoms with Gasteiger partial charge in [-0.1, -0.05) is 51.1 Å². The highest BCUT2D eigenvalue weighted by molar-refractivity contribution is 6.45. The fourth-order valence-corrected chi connectivity index (χ4v) is 3.75. The van der Waals surface area contributed by atoms with Crippen LogP contribution in [-0.4, -0.2) is 34.3 Å². The van der Waals surface area contributed by atoms with Gasteiger partial charge in [0.15, 0.2) is 0 Å². The van der Waals surface area contributed by atoms with Crippen LogP contribution in [0.2, 0.25) is 0 Å². The number of carbonyl (C=O) groups is 3. The number of aromatic nitrogens is 1. The Bertz CT molecular complexity index is 1100. The first-order valence-corrected chi connectivity index (χ1v) is 10.2. The number of ketones is 1. The van der Waals surface area contributed by atoms with Crippen LogP contribution in [-0.2, 0) is 11.2 Å². The Morgan fingerprint density at radius 1 is 1.10 bits per heavy atom. The predicted octanol–water partition coefficient (Wildman–Crippen LogP) is 4.29. The minimum atomic E-state index is -1.04. The van der Waals surface area contributed by atoms with E-state index in [0.717, 1.165) is 12.0 Å². The van der Waals surface area contributed by atoms with Gasteiger partial charge >= 0.3 is 5.97 Å². The molecular formula is C24H26N2O4. The van der Waals surface area contributed by atoms with Crippen molar-refractivity contribution in [2.75, 3.05) is 6.54 Å². The summed E-state index contributed by atoms with van der Waals surface area (Å²) in [7, 11) is 0. The van der Waals surface area contributed by atoms with Crippen molar-refractivity contribution in [2.24, 2.45) is 0 Å². The highest BCUT2D eigenvalue weighted by Crippen LogP contribution is 2.35. The van der Waals surface area contributed by atoms with Crippen molar-refractivity contribution in [3.05, 3.63) is 70.4 Å². The highest BCUT2D eigenvalue weighted by atomic mass is 16.4. The standard InChI is InChI=1S/C24H26N2O4/c1-4-11-25-23(28)22(27)21-18(5-2)26-19-13-16(24(29)30)12-17(20(19)21)14(3)15-9-7-6-8-10-15/h6-10,12-14,26H,4-5,11H2,1-3H3,(H,25,28)(H,29,30). The highest BCUT2D eigenvalue weighted by Gasteiger charge is 2.27. The van der Waals surface area contributed by atoms with Crippen LogP contribution >= 0.6 is 0 Å². The molecule has 0 aliphatic carbocycles. The Morgan fingerprint density at radius 2 is 1.80 bits per heavy atom. The van der Waals surface area contributed by atoms with Crippen LogP contribution in [0.5, 0.6) is 0 Å². The zero-order chi connectivity index (χ0) is 21.8. The lowest BCUT2D eigenvalue weighted by Crippen LogP contribution is -2.32. The molecule has 0 aliphatic rings. The number of H-pyrrole nitrogens is 1. The van der Waals surface area contributed by atoms with Crippen molar-refractivity contribution in [1.82, 2.24) is 10.3 Å². The molecule has 1 amide bonds. The first-order chi connectivity index (χ1) is 14.4. The number of aromatic amines is 1. The summed E-state index contributed by atoms with van der Waals surface area (Å²) in [4.78, 5) is 40.5. The van der Waals surface area contributed by atoms with Crippen LogP contribution < -0.4 is 5.32 Å². The van der Waals surface area contributed by atoms with Gasteiger partial charge in [-0.3, -0.25) is 9.59 Å². The SMILES string of the molecule is CCCNC(=O)C(=O)c1c(CC)[nH]c2cc(C(=O)O)cc(C(C)c3ccccc3)c12. The number of rotatable bonds is 8. The molecular weight excluding hydrogens is 380 g/mol. The summed E-state index contributed by atoms with van der Waals surface area (Å²) >= 11 is 0. The van der Waals surface area contributed by atoms with Crippen molar-refractivity contribution in [3.8, 4) is 0 Å². The van der Waals surface area contributed by atoms with Gasteiger partial charge in [0, 0.05) is 29.1 Å². The predicted molar refractivity (Wildman–Crippen MR) is 116 cm³/mol. The number of aromatic carboxylic acids is 1. The molecule has 0 spiro atoms. The van der Waals surface area contributed by atoms with Crippen LogP contribution in [0.15, 0.2) is 42.5 Å². The summed E-state index contributed by atoms with van der Waals surface area (Å²) in [6.45, 7) is 6.20. The third-order valence-corrected chi connectivity index (χ3v) is 5.34. The monoisotopic (exact) mass is 406 g/mol. The minimum absolute atomic E-state index is 0.138. The number of hydrogen-bond donors (Lipinski definition) is 3. The molecule has 1 atom stereocenters. The Labute approximate surface area is 175 Å². The molecule has 1 unspecified atom stereocenters. The van der Waals surface area contributed by atoms with E-state index in [2.05, 4.69) is 10.3 Å². The second-order valence-corrected chi connectivity index (χ2v) is 7.34. The average molecular weight is 406 g/mol. The zero-order valence-electron chi connectivity index (χ0n) is 17.4. The maximum absolute atomic E-state index is 13.1. The molecule has 1 heterocycles. The van der Waals surface area contributed by atoms with Crippen molar-refractivity contribution in [1.29, 1.82) is 0 Å². The number of amides is 1. The van der Waals surface area contributed by atoms with Gasteiger partial charge in [-0.15, -0.1) is 0 Å². The number of aryl methyl sites for hydroxylation is 1. The van der Waals surface area contributed by atoms with Crippen molar-refractivity contribution in [3.63, 3.8) is 0 Å². The molecule has 1 aromatic heterocycles. The van der Waals surface area contributed by atoms with Crippen LogP contribution in [0.25, 0.3) is 10.9 Å². The summed E-state index contributed by atoms with van der Waals surface area (Å²) in [5.74, 6) is -2.46. The molecule has 0 aliphatic heterocycles. The number of benzene rings is 2. The number of carbonyl (C=O) groups excluding carboxylic acids is 2. The number of hydrogen-bond acceptors (Lipinski definition) is 3. The second kappa shape index (κ2) is 8.95. The number of fused-ring (bicyclic) bond motifs is 1. The van der Waals surface area contributed by atoms with Gasteiger partial charge in [0.1, 0.15) is 0 Å². The van der Waals surface area contributed by atoms with Crippen molar-refractivity contribution >= 4 is 28.6 Å². The summed E-state index contributed by atoms with van der Waals surface area (Å²) in [5, 5.41) is 12.9. The molecule has 0 saturated carbocycles. The number of nitrogens with one attached hydrogen (secondary N) is 2. The maximum atomic E-state index is 13.1. The number of carboxylic acids is 1. The van der Waals surface area contributed by atoms with E-state index in [0.29, 0.717) is 40.7 Å². The number of carboxylic acid groups (broad SMARTS) is 1. The molecule has 3 rings (SSSR count). The van der Waals surface area contributed by atoms with E-state index in [1.807, 2.05) is 51.1 Å². The zero-order valence-corrected chi connectivity index (χ0v) is 17.4. The summed E-state index contributed by atoms with van der Waals surface area (Å²) in [6.07, 6.45) is 1.24. The maximum Gasteiger partial charge on any atom is 0.335 e. The van der Waals surface area contributed by atoms with E-state index in [1.54, 1.807) is 6.07 Å². The van der Waals surface area contributed by atoms with Crippen LogP contribution in [0.4, 0.5) is 0 Å². The molecule has 156 valence electrons. The Hall–Kier alpha value is -3.41. The molecule has 6 nitrogen and oxygen atoms in total. The van der Waals surface area contributed by atoms with Gasteiger partial charge in [0.05, 0.1) is 11.1 Å². The van der Waals surface area contributed by atoms with Crippen LogP contribution in [0.3, 0.4) is 0 Å². The lowest BCUT2D eigenvalue weighted by molar-refractivity contribution is -0.117. The van der Waals surface area contributed by atoms with Crippen molar-refractivity contribution in [2.45, 2.75) is 39.5 Å². The van der Waals surface area contributed by atoms with E-state index in [4.69, 9.17) is 0 Å². The lowest BCUT2D eigenvalue weighted by atomic mass is 9.87. The lowest BCUT2D eigenvalue weighted by Gasteiger charge is -2.16. The molecule has 3 N–H and O–H groups in total. The van der Waals surface area contributed by atoms with E-state index in [9.17, 15) is 19.5 Å². The topological polar surface area (TPSA) is 99.3 Å². The summed E-state index contributed by atoms with van der Waals surface area (Å²) in [5.41, 5.74) is 3.35. The van der Waals surface area contributed by atoms with E-state index in [1.165, 1.54) is 6.07 Å². The quantitative estimate of drug-likeness (QED) is 0.384. The molecule has 3 aromatic rings. The number of Topliss-reactive ketones (excluding diaryl/α,β-unsaturated/α-hetero) is 1.